The fourth-order valence-corrected chi connectivity index (χ4v) is 2.42. The van der Waals surface area contributed by atoms with Crippen molar-refractivity contribution in [3.8, 4) is 0 Å². The number of amides is 1. The highest BCUT2D eigenvalue weighted by molar-refractivity contribution is 5.81. The van der Waals surface area contributed by atoms with Crippen molar-refractivity contribution in [1.82, 2.24) is 5.32 Å². The molecular weight excluding hydrogens is 294 g/mol. The zero-order valence-corrected chi connectivity index (χ0v) is 13.2. The molecule has 1 aliphatic rings. The Bertz CT molecular complexity index is 525. The minimum absolute atomic E-state index is 0.140. The van der Waals surface area contributed by atoms with Gasteiger partial charge in [-0.3, -0.25) is 0 Å². The Labute approximate surface area is 136 Å². The lowest BCUT2D eigenvalue weighted by Crippen LogP contribution is -2.44. The van der Waals surface area contributed by atoms with Gasteiger partial charge in [-0.15, -0.1) is 0 Å². The molecule has 1 aromatic rings. The topological polar surface area (TPSA) is 64.6 Å². The van der Waals surface area contributed by atoms with Crippen LogP contribution in [0.4, 0.5) is 4.79 Å². The van der Waals surface area contributed by atoms with Crippen LogP contribution in [0.25, 0.3) is 0 Å². The van der Waals surface area contributed by atoms with E-state index in [0.29, 0.717) is 12.3 Å². The molecule has 0 saturated heterocycles. The maximum atomic E-state index is 12.0. The third-order valence-corrected chi connectivity index (χ3v) is 3.93. The number of carbonyl (C=O) groups is 2. The van der Waals surface area contributed by atoms with Crippen molar-refractivity contribution in [2.24, 2.45) is 5.92 Å². The summed E-state index contributed by atoms with van der Waals surface area (Å²) in [5, 5.41) is 2.63. The van der Waals surface area contributed by atoms with Crippen molar-refractivity contribution in [3.63, 3.8) is 0 Å². The normalized spacial score (nSPS) is 15.1. The third-order valence-electron chi connectivity index (χ3n) is 3.93. The van der Waals surface area contributed by atoms with Crippen molar-refractivity contribution in [2.45, 2.75) is 38.3 Å². The van der Waals surface area contributed by atoms with Crippen molar-refractivity contribution < 1.29 is 19.1 Å². The SMILES string of the molecule is C=CCOC(=O)C(CC1CCC1)NC(=O)OCc1ccccc1. The molecule has 0 bridgehead atoms. The predicted octanol–water partition coefficient (Wildman–Crippen LogP) is 3.20. The number of benzene rings is 1. The number of ether oxygens (including phenoxy) is 2. The summed E-state index contributed by atoms with van der Waals surface area (Å²) in [6.07, 6.45) is 4.85. The van der Waals surface area contributed by atoms with E-state index < -0.39 is 18.1 Å². The molecule has 1 amide bonds. The molecule has 124 valence electrons. The predicted molar refractivity (Wildman–Crippen MR) is 86.7 cm³/mol. The summed E-state index contributed by atoms with van der Waals surface area (Å²) in [6.45, 7) is 3.83. The summed E-state index contributed by atoms with van der Waals surface area (Å²) in [4.78, 5) is 24.0. The highest BCUT2D eigenvalue weighted by Gasteiger charge is 2.29. The Morgan fingerprint density at radius 2 is 2.00 bits per heavy atom. The Morgan fingerprint density at radius 3 is 2.61 bits per heavy atom. The summed E-state index contributed by atoms with van der Waals surface area (Å²) in [5.74, 6) is 0.0270. The molecule has 1 unspecified atom stereocenters. The number of carbonyl (C=O) groups excluding carboxylic acids is 2. The first-order valence-corrected chi connectivity index (χ1v) is 7.93. The first-order valence-electron chi connectivity index (χ1n) is 7.93. The van der Waals surface area contributed by atoms with Crippen molar-refractivity contribution in [2.75, 3.05) is 6.61 Å². The van der Waals surface area contributed by atoms with E-state index in [0.717, 1.165) is 18.4 Å². The molecule has 0 heterocycles. The summed E-state index contributed by atoms with van der Waals surface area (Å²) < 4.78 is 10.2. The van der Waals surface area contributed by atoms with E-state index >= 15 is 0 Å². The van der Waals surface area contributed by atoms with E-state index in [4.69, 9.17) is 9.47 Å². The largest absolute Gasteiger partial charge is 0.460 e. The summed E-state index contributed by atoms with van der Waals surface area (Å²) in [6, 6.07) is 8.73. The van der Waals surface area contributed by atoms with E-state index in [1.807, 2.05) is 30.3 Å². The summed E-state index contributed by atoms with van der Waals surface area (Å²) in [5.41, 5.74) is 0.896. The summed E-state index contributed by atoms with van der Waals surface area (Å²) in [7, 11) is 0. The van der Waals surface area contributed by atoms with Gasteiger partial charge in [-0.25, -0.2) is 9.59 Å². The second-order valence-corrected chi connectivity index (χ2v) is 5.71. The Balaban J connectivity index is 1.83. The van der Waals surface area contributed by atoms with Crippen LogP contribution in [0.1, 0.15) is 31.2 Å². The fourth-order valence-electron chi connectivity index (χ4n) is 2.42. The van der Waals surface area contributed by atoms with Crippen LogP contribution in [0.2, 0.25) is 0 Å². The standard InChI is InChI=1S/C18H23NO4/c1-2-11-22-17(20)16(12-14-9-6-10-14)19-18(21)23-13-15-7-4-3-5-8-15/h2-5,7-8,14,16H,1,6,9-13H2,(H,19,21). The van der Waals surface area contributed by atoms with Crippen LogP contribution >= 0.6 is 0 Å². The fraction of sp³-hybridized carbons (Fsp3) is 0.444. The molecule has 0 radical (unpaired) electrons. The zero-order valence-electron chi connectivity index (χ0n) is 13.2. The first-order chi connectivity index (χ1) is 11.2. The highest BCUT2D eigenvalue weighted by Crippen LogP contribution is 2.30. The second kappa shape index (κ2) is 8.98. The van der Waals surface area contributed by atoms with E-state index in [9.17, 15) is 9.59 Å². The number of hydrogen-bond donors (Lipinski definition) is 1. The maximum Gasteiger partial charge on any atom is 0.408 e. The molecule has 1 aliphatic carbocycles. The van der Waals surface area contributed by atoms with Crippen LogP contribution in [0, 0.1) is 5.92 Å². The van der Waals surface area contributed by atoms with Gasteiger partial charge in [-0.2, -0.15) is 0 Å². The molecule has 23 heavy (non-hydrogen) atoms. The lowest BCUT2D eigenvalue weighted by Gasteiger charge is -2.28. The molecule has 5 heteroatoms. The van der Waals surface area contributed by atoms with E-state index in [1.165, 1.54) is 12.5 Å². The van der Waals surface area contributed by atoms with Crippen LogP contribution in [-0.4, -0.2) is 24.7 Å². The number of esters is 1. The Hall–Kier alpha value is -2.30. The first kappa shape index (κ1) is 17.1. The lowest BCUT2D eigenvalue weighted by atomic mass is 9.81. The van der Waals surface area contributed by atoms with Crippen LogP contribution in [-0.2, 0) is 20.9 Å². The molecule has 2 rings (SSSR count). The maximum absolute atomic E-state index is 12.0. The number of hydrogen-bond acceptors (Lipinski definition) is 4. The zero-order chi connectivity index (χ0) is 16.5. The molecule has 0 aliphatic heterocycles. The van der Waals surface area contributed by atoms with Crippen LogP contribution in [0.15, 0.2) is 43.0 Å². The highest BCUT2D eigenvalue weighted by atomic mass is 16.6. The average Bonchev–Trinajstić information content (AvgIpc) is 2.53. The van der Waals surface area contributed by atoms with Gasteiger partial charge in [0, 0.05) is 0 Å². The minimum Gasteiger partial charge on any atom is -0.460 e. The molecule has 1 aromatic carbocycles. The summed E-state index contributed by atoms with van der Waals surface area (Å²) >= 11 is 0. The lowest BCUT2D eigenvalue weighted by molar-refractivity contribution is -0.145. The number of alkyl carbamates (subject to hydrolysis) is 1. The molecular formula is C18H23NO4. The van der Waals surface area contributed by atoms with Crippen LogP contribution in [0.3, 0.4) is 0 Å². The van der Waals surface area contributed by atoms with Gasteiger partial charge >= 0.3 is 12.1 Å². The van der Waals surface area contributed by atoms with Gasteiger partial charge in [0.15, 0.2) is 0 Å². The van der Waals surface area contributed by atoms with Gasteiger partial charge in [0.2, 0.25) is 0 Å². The average molecular weight is 317 g/mol. The van der Waals surface area contributed by atoms with E-state index in [1.54, 1.807) is 0 Å². The number of nitrogens with one attached hydrogen (secondary N) is 1. The van der Waals surface area contributed by atoms with Crippen LogP contribution in [0.5, 0.6) is 0 Å². The Kier molecular flexibility index (Phi) is 6.66. The molecule has 0 aromatic heterocycles. The van der Waals surface area contributed by atoms with E-state index in [2.05, 4.69) is 11.9 Å². The third kappa shape index (κ3) is 5.77. The quantitative estimate of drug-likeness (QED) is 0.591. The van der Waals surface area contributed by atoms with Crippen molar-refractivity contribution in [3.05, 3.63) is 48.6 Å². The van der Waals surface area contributed by atoms with Gasteiger partial charge in [-0.05, 0) is 17.9 Å². The molecule has 1 N–H and O–H groups in total. The van der Waals surface area contributed by atoms with Gasteiger partial charge < -0.3 is 14.8 Å². The monoisotopic (exact) mass is 317 g/mol. The van der Waals surface area contributed by atoms with Gasteiger partial charge in [-0.1, -0.05) is 62.2 Å². The van der Waals surface area contributed by atoms with Gasteiger partial charge in [0.1, 0.15) is 19.3 Å². The van der Waals surface area contributed by atoms with Gasteiger partial charge in [0.25, 0.3) is 0 Å². The number of rotatable bonds is 8. The van der Waals surface area contributed by atoms with E-state index in [-0.39, 0.29) is 13.2 Å². The Morgan fingerprint density at radius 1 is 1.26 bits per heavy atom. The minimum atomic E-state index is -0.663. The molecule has 5 nitrogen and oxygen atoms in total. The van der Waals surface area contributed by atoms with Crippen molar-refractivity contribution in [1.29, 1.82) is 0 Å². The molecule has 1 atom stereocenters. The van der Waals surface area contributed by atoms with Crippen molar-refractivity contribution >= 4 is 12.1 Å². The van der Waals surface area contributed by atoms with Crippen LogP contribution < -0.4 is 5.32 Å². The molecule has 1 fully saturated rings. The molecule has 1 saturated carbocycles. The molecule has 0 spiro atoms. The smallest absolute Gasteiger partial charge is 0.408 e. The second-order valence-electron chi connectivity index (χ2n) is 5.71. The van der Waals surface area contributed by atoms with Gasteiger partial charge in [0.05, 0.1) is 0 Å².